The summed E-state index contributed by atoms with van der Waals surface area (Å²) in [6.07, 6.45) is 0.233. The Kier molecular flexibility index (Phi) is 6.08. The Bertz CT molecular complexity index is 261. The number of esters is 2. The first-order valence-electron chi connectivity index (χ1n) is 4.42. The van der Waals surface area contributed by atoms with Gasteiger partial charge in [-0.3, -0.25) is 9.59 Å². The Labute approximate surface area is 87.9 Å². The Morgan fingerprint density at radius 1 is 1.27 bits per heavy atom. The molecule has 0 spiro atoms. The van der Waals surface area contributed by atoms with Gasteiger partial charge in [0.15, 0.2) is 0 Å². The van der Waals surface area contributed by atoms with Crippen molar-refractivity contribution in [3.05, 3.63) is 0 Å². The fourth-order valence-electron chi connectivity index (χ4n) is 0.998. The highest BCUT2D eigenvalue weighted by atomic mass is 16.5. The number of rotatable bonds is 5. The lowest BCUT2D eigenvalue weighted by molar-refractivity contribution is -0.143. The van der Waals surface area contributed by atoms with E-state index in [-0.39, 0.29) is 18.6 Å². The van der Waals surface area contributed by atoms with Crippen LogP contribution in [0.3, 0.4) is 0 Å². The van der Waals surface area contributed by atoms with Gasteiger partial charge in [0, 0.05) is 6.42 Å². The third-order valence-corrected chi connectivity index (χ3v) is 2.00. The van der Waals surface area contributed by atoms with Crippen LogP contribution in [0.15, 0.2) is 5.16 Å². The lowest BCUT2D eigenvalue weighted by Crippen LogP contribution is -2.23. The summed E-state index contributed by atoms with van der Waals surface area (Å²) in [5, 5.41) is 11.6. The van der Waals surface area contributed by atoms with Gasteiger partial charge in [-0.1, -0.05) is 5.16 Å². The highest BCUT2D eigenvalue weighted by Gasteiger charge is 2.21. The lowest BCUT2D eigenvalue weighted by atomic mass is 10.0. The molecule has 6 heteroatoms. The molecule has 0 fully saturated rings. The van der Waals surface area contributed by atoms with Gasteiger partial charge in [0.25, 0.3) is 0 Å². The largest absolute Gasteiger partial charge is 0.469 e. The van der Waals surface area contributed by atoms with Crippen molar-refractivity contribution in [1.29, 1.82) is 0 Å². The van der Waals surface area contributed by atoms with Crippen LogP contribution in [0.4, 0.5) is 0 Å². The van der Waals surface area contributed by atoms with Crippen molar-refractivity contribution in [2.24, 2.45) is 11.1 Å². The molecule has 0 aromatic rings. The number of oxime groups is 1. The second-order valence-electron chi connectivity index (χ2n) is 2.91. The van der Waals surface area contributed by atoms with E-state index in [1.54, 1.807) is 0 Å². The molecular weight excluding hydrogens is 202 g/mol. The molecule has 1 atom stereocenters. The number of hydrogen-bond donors (Lipinski definition) is 1. The number of ether oxygens (including phenoxy) is 2. The molecule has 0 aliphatic rings. The SMILES string of the molecule is COC(=O)CC/C(=N\O)C(C)C(=O)OC. The first-order valence-corrected chi connectivity index (χ1v) is 4.42. The van der Waals surface area contributed by atoms with Gasteiger partial charge < -0.3 is 14.7 Å². The van der Waals surface area contributed by atoms with Crippen LogP contribution >= 0.6 is 0 Å². The molecule has 0 aliphatic heterocycles. The molecule has 86 valence electrons. The number of carbonyl (C=O) groups is 2. The van der Waals surface area contributed by atoms with Crippen molar-refractivity contribution < 1.29 is 24.3 Å². The van der Waals surface area contributed by atoms with Crippen molar-refractivity contribution in [2.75, 3.05) is 14.2 Å². The van der Waals surface area contributed by atoms with Crippen LogP contribution in [-0.4, -0.2) is 37.1 Å². The zero-order chi connectivity index (χ0) is 11.8. The van der Waals surface area contributed by atoms with Crippen LogP contribution in [0.25, 0.3) is 0 Å². The maximum absolute atomic E-state index is 11.1. The molecule has 15 heavy (non-hydrogen) atoms. The zero-order valence-corrected chi connectivity index (χ0v) is 9.02. The van der Waals surface area contributed by atoms with Gasteiger partial charge in [0.2, 0.25) is 0 Å². The van der Waals surface area contributed by atoms with Crippen molar-refractivity contribution >= 4 is 17.7 Å². The average Bonchev–Trinajstić information content (AvgIpc) is 2.27. The maximum atomic E-state index is 11.1. The molecule has 0 aromatic heterocycles. The highest BCUT2D eigenvalue weighted by Crippen LogP contribution is 2.07. The monoisotopic (exact) mass is 217 g/mol. The standard InChI is InChI=1S/C9H15NO5/c1-6(9(12)15-3)7(10-13)4-5-8(11)14-2/h6,13H,4-5H2,1-3H3/b10-7+. The van der Waals surface area contributed by atoms with E-state index in [2.05, 4.69) is 14.6 Å². The molecule has 0 aliphatic carbocycles. The summed E-state index contributed by atoms with van der Waals surface area (Å²) in [6, 6.07) is 0. The number of hydrogen-bond acceptors (Lipinski definition) is 6. The van der Waals surface area contributed by atoms with Crippen LogP contribution in [-0.2, 0) is 19.1 Å². The van der Waals surface area contributed by atoms with E-state index in [0.717, 1.165) is 0 Å². The van der Waals surface area contributed by atoms with E-state index < -0.39 is 17.9 Å². The summed E-state index contributed by atoms with van der Waals surface area (Å²) in [4.78, 5) is 21.9. The Morgan fingerprint density at radius 3 is 2.27 bits per heavy atom. The number of methoxy groups -OCH3 is 2. The van der Waals surface area contributed by atoms with Crippen LogP contribution in [0.1, 0.15) is 19.8 Å². The molecular formula is C9H15NO5. The molecule has 0 bridgehead atoms. The predicted octanol–water partition coefficient (Wildman–Crippen LogP) is 0.579. The van der Waals surface area contributed by atoms with Gasteiger partial charge in [-0.2, -0.15) is 0 Å². The second-order valence-corrected chi connectivity index (χ2v) is 2.91. The van der Waals surface area contributed by atoms with E-state index in [0.29, 0.717) is 0 Å². The quantitative estimate of drug-likeness (QED) is 0.315. The molecule has 6 nitrogen and oxygen atoms in total. The molecule has 0 saturated heterocycles. The minimum absolute atomic E-state index is 0.0667. The van der Waals surface area contributed by atoms with Crippen molar-refractivity contribution in [2.45, 2.75) is 19.8 Å². The van der Waals surface area contributed by atoms with E-state index in [9.17, 15) is 9.59 Å². The predicted molar refractivity (Wildman–Crippen MR) is 51.7 cm³/mol. The summed E-state index contributed by atoms with van der Waals surface area (Å²) < 4.78 is 8.90. The summed E-state index contributed by atoms with van der Waals surface area (Å²) >= 11 is 0. The molecule has 1 unspecified atom stereocenters. The van der Waals surface area contributed by atoms with E-state index in [1.807, 2.05) is 0 Å². The van der Waals surface area contributed by atoms with Crippen LogP contribution < -0.4 is 0 Å². The first kappa shape index (κ1) is 13.4. The van der Waals surface area contributed by atoms with Gasteiger partial charge in [-0.05, 0) is 6.92 Å². The Hall–Kier alpha value is -1.59. The van der Waals surface area contributed by atoms with Crippen LogP contribution in [0.2, 0.25) is 0 Å². The summed E-state index contributed by atoms with van der Waals surface area (Å²) in [5.41, 5.74) is 0.201. The van der Waals surface area contributed by atoms with E-state index in [1.165, 1.54) is 21.1 Å². The molecule has 0 amide bonds. The fraction of sp³-hybridized carbons (Fsp3) is 0.667. The fourth-order valence-corrected chi connectivity index (χ4v) is 0.998. The van der Waals surface area contributed by atoms with Gasteiger partial charge in [-0.25, -0.2) is 0 Å². The summed E-state index contributed by atoms with van der Waals surface area (Å²) in [5.74, 6) is -1.59. The summed E-state index contributed by atoms with van der Waals surface area (Å²) in [6.45, 7) is 1.54. The van der Waals surface area contributed by atoms with Crippen LogP contribution in [0, 0.1) is 5.92 Å². The van der Waals surface area contributed by atoms with Crippen molar-refractivity contribution in [3.63, 3.8) is 0 Å². The van der Waals surface area contributed by atoms with Gasteiger partial charge in [0.1, 0.15) is 0 Å². The Morgan fingerprint density at radius 2 is 1.87 bits per heavy atom. The molecule has 1 N–H and O–H groups in total. The topological polar surface area (TPSA) is 85.2 Å². The minimum atomic E-state index is -0.662. The zero-order valence-electron chi connectivity index (χ0n) is 9.02. The second kappa shape index (κ2) is 6.80. The normalized spacial score (nSPS) is 13.1. The van der Waals surface area contributed by atoms with Gasteiger partial charge >= 0.3 is 11.9 Å². The molecule has 0 saturated carbocycles. The molecule has 0 rings (SSSR count). The van der Waals surface area contributed by atoms with Crippen molar-refractivity contribution in [1.82, 2.24) is 0 Å². The number of carbonyl (C=O) groups excluding carboxylic acids is 2. The molecule has 0 heterocycles. The summed E-state index contributed by atoms with van der Waals surface area (Å²) in [7, 11) is 2.51. The third kappa shape index (κ3) is 4.44. The third-order valence-electron chi connectivity index (χ3n) is 2.00. The lowest BCUT2D eigenvalue weighted by Gasteiger charge is -2.10. The van der Waals surface area contributed by atoms with Gasteiger partial charge in [0.05, 0.1) is 32.3 Å². The van der Waals surface area contributed by atoms with Gasteiger partial charge in [-0.15, -0.1) is 0 Å². The van der Waals surface area contributed by atoms with Crippen LogP contribution in [0.5, 0.6) is 0 Å². The van der Waals surface area contributed by atoms with E-state index in [4.69, 9.17) is 5.21 Å². The van der Waals surface area contributed by atoms with Crippen molar-refractivity contribution in [3.8, 4) is 0 Å². The Balaban J connectivity index is 4.27. The average molecular weight is 217 g/mol. The first-order chi connectivity index (χ1) is 7.06. The molecule has 0 radical (unpaired) electrons. The smallest absolute Gasteiger partial charge is 0.314 e. The number of nitrogens with zero attached hydrogens (tertiary/aromatic N) is 1. The maximum Gasteiger partial charge on any atom is 0.314 e. The molecule has 0 aromatic carbocycles. The van der Waals surface area contributed by atoms with E-state index >= 15 is 0 Å². The minimum Gasteiger partial charge on any atom is -0.469 e. The highest BCUT2D eigenvalue weighted by molar-refractivity contribution is 6.02.